The summed E-state index contributed by atoms with van der Waals surface area (Å²) in [7, 11) is -2.41. The van der Waals surface area contributed by atoms with Gasteiger partial charge in [-0.1, -0.05) is 29.8 Å². The number of benzene rings is 2. The Morgan fingerprint density at radius 3 is 2.35 bits per heavy atom. The number of rotatable bonds is 7. The van der Waals surface area contributed by atoms with Crippen LogP contribution in [0.1, 0.15) is 5.69 Å². The fourth-order valence-corrected chi connectivity index (χ4v) is 4.17. The van der Waals surface area contributed by atoms with E-state index < -0.39 is 68.1 Å². The number of alkyl halides is 3. The third-order valence-corrected chi connectivity index (χ3v) is 6.65. The summed E-state index contributed by atoms with van der Waals surface area (Å²) in [5, 5.41) is -0.435. The summed E-state index contributed by atoms with van der Waals surface area (Å²) in [6.07, 6.45) is -5.03. The maximum Gasteiger partial charge on any atom is 0.431 e. The van der Waals surface area contributed by atoms with Gasteiger partial charge >= 0.3 is 22.1 Å². The number of nitrogens with one attached hydrogen (secondary N) is 1. The molecule has 0 spiro atoms. The third kappa shape index (κ3) is 5.94. The molecule has 0 atom stereocenters. The minimum Gasteiger partial charge on any atom is -0.482 e. The molecular weight excluding hydrogens is 548 g/mol. The van der Waals surface area contributed by atoms with Crippen molar-refractivity contribution in [1.82, 2.24) is 13.9 Å². The van der Waals surface area contributed by atoms with Gasteiger partial charge in [0.2, 0.25) is 0 Å². The van der Waals surface area contributed by atoms with Crippen molar-refractivity contribution in [3.63, 3.8) is 0 Å². The minimum absolute atomic E-state index is 0.109. The second kappa shape index (κ2) is 10.3. The van der Waals surface area contributed by atoms with Crippen molar-refractivity contribution < 1.29 is 35.5 Å². The van der Waals surface area contributed by atoms with E-state index in [0.29, 0.717) is 12.1 Å². The molecule has 16 heteroatoms. The number of carbonyl (C=O) groups excluding carboxylic acids is 1. The van der Waals surface area contributed by atoms with E-state index >= 15 is 0 Å². The zero-order valence-corrected chi connectivity index (χ0v) is 20.5. The molecule has 3 aromatic rings. The second-order valence-electron chi connectivity index (χ2n) is 7.40. The summed E-state index contributed by atoms with van der Waals surface area (Å²) in [5.74, 6) is -2.88. The number of nitrogens with zero attached hydrogens (tertiary/aromatic N) is 3. The van der Waals surface area contributed by atoms with Gasteiger partial charge in [0, 0.05) is 26.2 Å². The lowest BCUT2D eigenvalue weighted by Gasteiger charge is -2.19. The van der Waals surface area contributed by atoms with E-state index in [0.717, 1.165) is 11.4 Å². The average Bonchev–Trinajstić information content (AvgIpc) is 2.81. The molecule has 0 aliphatic heterocycles. The lowest BCUT2D eigenvalue weighted by Crippen LogP contribution is -2.43. The van der Waals surface area contributed by atoms with Crippen molar-refractivity contribution in [1.29, 1.82) is 0 Å². The van der Waals surface area contributed by atoms with Crippen LogP contribution in [0.2, 0.25) is 5.02 Å². The van der Waals surface area contributed by atoms with Crippen LogP contribution < -0.4 is 25.0 Å². The van der Waals surface area contributed by atoms with Crippen molar-refractivity contribution in [2.24, 2.45) is 7.05 Å². The topological polar surface area (TPSA) is 120 Å². The average molecular weight is 565 g/mol. The molecule has 0 bridgehead atoms. The molecule has 198 valence electrons. The number of halogens is 5. The first-order valence-electron chi connectivity index (χ1n) is 10.0. The molecule has 0 aliphatic carbocycles. The molecule has 0 unspecified atom stereocenters. The van der Waals surface area contributed by atoms with Crippen molar-refractivity contribution in [2.75, 3.05) is 18.0 Å². The maximum atomic E-state index is 14.6. The van der Waals surface area contributed by atoms with Gasteiger partial charge in [0.15, 0.2) is 6.61 Å². The number of hydrogen-bond acceptors (Lipinski definition) is 6. The maximum absolute atomic E-state index is 14.6. The van der Waals surface area contributed by atoms with Crippen LogP contribution >= 0.6 is 11.6 Å². The molecule has 37 heavy (non-hydrogen) atoms. The molecule has 0 aliphatic rings. The predicted octanol–water partition coefficient (Wildman–Crippen LogP) is 2.22. The fraction of sp³-hybridized carbons (Fsp3) is 0.190. The molecule has 10 nitrogen and oxygen atoms in total. The Morgan fingerprint density at radius 1 is 1.14 bits per heavy atom. The second-order valence-corrected chi connectivity index (χ2v) is 9.51. The lowest BCUT2D eigenvalue weighted by molar-refractivity contribution is -0.144. The summed E-state index contributed by atoms with van der Waals surface area (Å²) in [6, 6.07) is 9.20. The van der Waals surface area contributed by atoms with Crippen LogP contribution in [0.25, 0.3) is 5.69 Å². The number of amides is 1. The van der Waals surface area contributed by atoms with Crippen LogP contribution in [0.4, 0.5) is 23.2 Å². The molecule has 0 saturated heterocycles. The van der Waals surface area contributed by atoms with Crippen molar-refractivity contribution in [3.8, 4) is 11.4 Å². The van der Waals surface area contributed by atoms with Gasteiger partial charge in [0.05, 0.1) is 16.4 Å². The number of anilines is 1. The Labute approximate surface area is 211 Å². The summed E-state index contributed by atoms with van der Waals surface area (Å²) in [4.78, 5) is 37.0. The number of para-hydroxylation sites is 1. The van der Waals surface area contributed by atoms with Gasteiger partial charge in [-0.25, -0.2) is 18.5 Å². The predicted molar refractivity (Wildman–Crippen MR) is 125 cm³/mol. The van der Waals surface area contributed by atoms with E-state index in [1.54, 1.807) is 22.9 Å². The highest BCUT2D eigenvalue weighted by Gasteiger charge is 2.35. The molecule has 3 rings (SSSR count). The van der Waals surface area contributed by atoms with Gasteiger partial charge in [-0.2, -0.15) is 21.6 Å². The Hall–Kier alpha value is -3.85. The molecule has 0 radical (unpaired) electrons. The normalized spacial score (nSPS) is 11.8. The van der Waals surface area contributed by atoms with Crippen molar-refractivity contribution >= 4 is 33.4 Å². The van der Waals surface area contributed by atoms with Crippen LogP contribution in [0.5, 0.6) is 5.75 Å². The largest absolute Gasteiger partial charge is 0.482 e. The first kappa shape index (κ1) is 27.7. The standard InChI is InChI=1S/C21H17ClF4N4O6S/c1-28-17(21(24,25)26)10-19(32)30(20(28)33)15-9-16(13(22)8-14(15)23)36-11-18(31)27-37(34,35)29(2)12-6-4-3-5-7-12/h3-10H,11H2,1-2H3,(H,27,31). The SMILES string of the molecule is CN(c1ccccc1)S(=O)(=O)NC(=O)COc1cc(-n2c(=O)cc(C(F)(F)F)n(C)c2=O)c(F)cc1Cl. The first-order chi connectivity index (χ1) is 17.1. The van der Waals surface area contributed by atoms with Gasteiger partial charge in [-0.15, -0.1) is 0 Å². The molecular formula is C21H17ClF4N4O6S. The Morgan fingerprint density at radius 2 is 1.76 bits per heavy atom. The Kier molecular flexibility index (Phi) is 7.69. The van der Waals surface area contributed by atoms with E-state index in [2.05, 4.69) is 0 Å². The number of hydrogen-bond donors (Lipinski definition) is 1. The highest BCUT2D eigenvalue weighted by molar-refractivity contribution is 7.91. The zero-order chi connectivity index (χ0) is 27.7. The first-order valence-corrected chi connectivity index (χ1v) is 11.8. The van der Waals surface area contributed by atoms with E-state index in [4.69, 9.17) is 16.3 Å². The number of aromatic nitrogens is 2. The highest BCUT2D eigenvalue weighted by atomic mass is 35.5. The quantitative estimate of drug-likeness (QED) is 0.440. The highest BCUT2D eigenvalue weighted by Crippen LogP contribution is 2.30. The van der Waals surface area contributed by atoms with E-state index in [9.17, 15) is 40.4 Å². The summed E-state index contributed by atoms with van der Waals surface area (Å²) in [5.41, 5.74) is -5.12. The summed E-state index contributed by atoms with van der Waals surface area (Å²) < 4.78 is 86.5. The smallest absolute Gasteiger partial charge is 0.431 e. The summed E-state index contributed by atoms with van der Waals surface area (Å²) in [6.45, 7) is -0.952. The van der Waals surface area contributed by atoms with Gasteiger partial charge in [-0.05, 0) is 18.2 Å². The summed E-state index contributed by atoms with van der Waals surface area (Å²) >= 11 is 5.89. The monoisotopic (exact) mass is 564 g/mol. The van der Waals surface area contributed by atoms with Crippen LogP contribution in [0, 0.1) is 5.82 Å². The van der Waals surface area contributed by atoms with Crippen LogP contribution in [0.3, 0.4) is 0 Å². The van der Waals surface area contributed by atoms with E-state index in [-0.39, 0.29) is 20.9 Å². The zero-order valence-electron chi connectivity index (χ0n) is 18.9. The third-order valence-electron chi connectivity index (χ3n) is 4.93. The number of ether oxygens (including phenoxy) is 1. The van der Waals surface area contributed by atoms with Crippen molar-refractivity contribution in [3.05, 3.63) is 85.9 Å². The van der Waals surface area contributed by atoms with Crippen LogP contribution in [0.15, 0.2) is 58.1 Å². The van der Waals surface area contributed by atoms with Crippen LogP contribution in [-0.4, -0.2) is 37.1 Å². The minimum atomic E-state index is -5.03. The Bertz CT molecular complexity index is 1570. The van der Waals surface area contributed by atoms with Gasteiger partial charge in [0.25, 0.3) is 11.5 Å². The van der Waals surface area contributed by atoms with Gasteiger partial charge in [0.1, 0.15) is 17.3 Å². The van der Waals surface area contributed by atoms with E-state index in [1.165, 1.54) is 19.2 Å². The Balaban J connectivity index is 1.87. The molecule has 1 heterocycles. The lowest BCUT2D eigenvalue weighted by atomic mass is 10.2. The van der Waals surface area contributed by atoms with E-state index in [1.807, 2.05) is 0 Å². The molecule has 2 aromatic carbocycles. The van der Waals surface area contributed by atoms with Gasteiger partial charge < -0.3 is 4.74 Å². The molecule has 1 N–H and O–H groups in total. The van der Waals surface area contributed by atoms with Crippen LogP contribution in [-0.2, 0) is 28.2 Å². The fourth-order valence-electron chi connectivity index (χ4n) is 3.08. The molecule has 0 fully saturated rings. The number of carbonyl (C=O) groups is 1. The molecule has 0 saturated carbocycles. The molecule has 1 amide bonds. The van der Waals surface area contributed by atoms with Crippen molar-refractivity contribution in [2.45, 2.75) is 6.18 Å². The van der Waals surface area contributed by atoms with Gasteiger partial charge in [-0.3, -0.25) is 18.5 Å². The molecule has 1 aromatic heterocycles.